The van der Waals surface area contributed by atoms with Gasteiger partial charge < -0.3 is 5.73 Å². The molecule has 0 saturated carbocycles. The summed E-state index contributed by atoms with van der Waals surface area (Å²) in [6.45, 7) is 5.87. The molecule has 0 saturated heterocycles. The van der Waals surface area contributed by atoms with Crippen LogP contribution in [0.15, 0.2) is 48.5 Å². The fourth-order valence-electron chi connectivity index (χ4n) is 2.82. The summed E-state index contributed by atoms with van der Waals surface area (Å²) < 4.78 is 0. The molecule has 0 aliphatic heterocycles. The molecule has 2 rings (SSSR count). The van der Waals surface area contributed by atoms with Crippen molar-refractivity contribution in [3.8, 4) is 0 Å². The number of hydrogen-bond acceptors (Lipinski definition) is 2. The first-order valence-electron chi connectivity index (χ1n) is 7.69. The summed E-state index contributed by atoms with van der Waals surface area (Å²) in [5, 5.41) is 0. The zero-order chi connectivity index (χ0) is 15.2. The Morgan fingerprint density at radius 1 is 1.05 bits per heavy atom. The summed E-state index contributed by atoms with van der Waals surface area (Å²) in [5.74, 6) is 0. The van der Waals surface area contributed by atoms with E-state index in [9.17, 15) is 0 Å². The van der Waals surface area contributed by atoms with E-state index in [1.165, 1.54) is 22.3 Å². The van der Waals surface area contributed by atoms with Gasteiger partial charge in [-0.25, -0.2) is 0 Å². The molecule has 2 nitrogen and oxygen atoms in total. The molecule has 2 aromatic rings. The van der Waals surface area contributed by atoms with E-state index < -0.39 is 0 Å². The third-order valence-corrected chi connectivity index (χ3v) is 4.10. The highest BCUT2D eigenvalue weighted by Crippen LogP contribution is 2.24. The zero-order valence-electron chi connectivity index (χ0n) is 13.3. The normalized spacial score (nSPS) is 12.6. The molecule has 1 atom stereocenters. The summed E-state index contributed by atoms with van der Waals surface area (Å²) in [6.07, 6.45) is 1.05. The van der Waals surface area contributed by atoms with Crippen LogP contribution in [0, 0.1) is 6.92 Å². The molecule has 112 valence electrons. The van der Waals surface area contributed by atoms with Crippen molar-refractivity contribution in [3.63, 3.8) is 0 Å². The molecule has 1 unspecified atom stereocenters. The van der Waals surface area contributed by atoms with Crippen molar-refractivity contribution in [2.75, 3.05) is 13.6 Å². The van der Waals surface area contributed by atoms with E-state index in [4.69, 9.17) is 5.73 Å². The van der Waals surface area contributed by atoms with E-state index in [1.807, 2.05) is 0 Å². The second-order valence-electron chi connectivity index (χ2n) is 5.70. The van der Waals surface area contributed by atoms with Gasteiger partial charge in [0, 0.05) is 19.1 Å². The Morgan fingerprint density at radius 2 is 1.71 bits per heavy atom. The van der Waals surface area contributed by atoms with Crippen LogP contribution in [-0.4, -0.2) is 18.5 Å². The van der Waals surface area contributed by atoms with Crippen LogP contribution in [-0.2, 0) is 13.0 Å². The van der Waals surface area contributed by atoms with Gasteiger partial charge >= 0.3 is 0 Å². The maximum absolute atomic E-state index is 6.07. The average molecular weight is 282 g/mol. The Hall–Kier alpha value is -1.64. The molecule has 0 heterocycles. The maximum Gasteiger partial charge on any atom is 0.0473 e. The number of rotatable bonds is 6. The van der Waals surface area contributed by atoms with Crippen molar-refractivity contribution in [1.82, 2.24) is 4.90 Å². The minimum absolute atomic E-state index is 0.266. The summed E-state index contributed by atoms with van der Waals surface area (Å²) in [6, 6.07) is 17.6. The van der Waals surface area contributed by atoms with Crippen molar-refractivity contribution in [2.45, 2.75) is 32.9 Å². The number of likely N-dealkylation sites (N-methyl/N-ethyl adjacent to an activating group) is 1. The predicted octanol–water partition coefficient (Wildman–Crippen LogP) is 3.69. The van der Waals surface area contributed by atoms with E-state index in [0.29, 0.717) is 6.54 Å². The Kier molecular flexibility index (Phi) is 5.54. The van der Waals surface area contributed by atoms with Crippen LogP contribution in [0.5, 0.6) is 0 Å². The Morgan fingerprint density at radius 3 is 2.33 bits per heavy atom. The van der Waals surface area contributed by atoms with Gasteiger partial charge in [-0.15, -0.1) is 0 Å². The maximum atomic E-state index is 6.07. The first-order valence-corrected chi connectivity index (χ1v) is 7.69. The van der Waals surface area contributed by atoms with E-state index in [2.05, 4.69) is 74.3 Å². The molecule has 2 N–H and O–H groups in total. The van der Waals surface area contributed by atoms with Gasteiger partial charge in [0.05, 0.1) is 0 Å². The number of nitrogens with two attached hydrogens (primary N) is 1. The van der Waals surface area contributed by atoms with Gasteiger partial charge in [-0.1, -0.05) is 61.0 Å². The van der Waals surface area contributed by atoms with Crippen molar-refractivity contribution < 1.29 is 0 Å². The highest BCUT2D eigenvalue weighted by Gasteiger charge is 2.17. The molecule has 2 aromatic carbocycles. The van der Waals surface area contributed by atoms with Gasteiger partial charge in [0.25, 0.3) is 0 Å². The lowest BCUT2D eigenvalue weighted by molar-refractivity contribution is 0.241. The zero-order valence-corrected chi connectivity index (χ0v) is 13.3. The van der Waals surface area contributed by atoms with Crippen LogP contribution >= 0.6 is 0 Å². The van der Waals surface area contributed by atoms with E-state index in [0.717, 1.165) is 13.0 Å². The first kappa shape index (κ1) is 15.7. The second kappa shape index (κ2) is 7.39. The lowest BCUT2D eigenvalue weighted by Crippen LogP contribution is -2.30. The highest BCUT2D eigenvalue weighted by atomic mass is 15.1. The fraction of sp³-hybridized carbons (Fsp3) is 0.368. The average Bonchev–Trinajstić information content (AvgIpc) is 2.51. The van der Waals surface area contributed by atoms with Crippen LogP contribution in [0.2, 0.25) is 0 Å². The van der Waals surface area contributed by atoms with Gasteiger partial charge in [-0.05, 0) is 37.1 Å². The Balaban J connectivity index is 2.18. The summed E-state index contributed by atoms with van der Waals surface area (Å²) in [5.41, 5.74) is 11.4. The van der Waals surface area contributed by atoms with E-state index in [1.54, 1.807) is 0 Å². The van der Waals surface area contributed by atoms with Gasteiger partial charge in [-0.2, -0.15) is 0 Å². The van der Waals surface area contributed by atoms with Crippen LogP contribution in [0.4, 0.5) is 0 Å². The molecular formula is C19H26N2. The molecule has 0 aliphatic carbocycles. The molecule has 0 spiro atoms. The minimum atomic E-state index is 0.266. The third-order valence-electron chi connectivity index (χ3n) is 4.10. The number of nitrogens with zero attached hydrogens (tertiary/aromatic N) is 1. The van der Waals surface area contributed by atoms with Crippen LogP contribution in [0.3, 0.4) is 0 Å². The topological polar surface area (TPSA) is 29.3 Å². The molecule has 0 amide bonds. The number of hydrogen-bond donors (Lipinski definition) is 1. The number of benzene rings is 2. The Bertz CT molecular complexity index is 560. The minimum Gasteiger partial charge on any atom is -0.329 e. The highest BCUT2D eigenvalue weighted by molar-refractivity contribution is 5.30. The van der Waals surface area contributed by atoms with Crippen molar-refractivity contribution >= 4 is 0 Å². The molecule has 0 radical (unpaired) electrons. The van der Waals surface area contributed by atoms with Crippen LogP contribution in [0.1, 0.15) is 35.2 Å². The van der Waals surface area contributed by atoms with Crippen molar-refractivity contribution in [1.29, 1.82) is 0 Å². The fourth-order valence-corrected chi connectivity index (χ4v) is 2.82. The van der Waals surface area contributed by atoms with Crippen LogP contribution < -0.4 is 5.73 Å². The van der Waals surface area contributed by atoms with Gasteiger partial charge in [0.15, 0.2) is 0 Å². The van der Waals surface area contributed by atoms with Crippen LogP contribution in [0.25, 0.3) is 0 Å². The van der Waals surface area contributed by atoms with E-state index in [-0.39, 0.29) is 6.04 Å². The standard InChI is InChI=1S/C19H26N2/c1-4-17-7-5-6-8-18(17)19(13-20)21(3)14-16-11-9-15(2)10-12-16/h5-12,19H,4,13-14,20H2,1-3H3. The van der Waals surface area contributed by atoms with Gasteiger partial charge in [0.2, 0.25) is 0 Å². The Labute approximate surface area is 128 Å². The van der Waals surface area contributed by atoms with Crippen molar-refractivity contribution in [3.05, 3.63) is 70.8 Å². The second-order valence-corrected chi connectivity index (χ2v) is 5.70. The molecule has 2 heteroatoms. The molecular weight excluding hydrogens is 256 g/mol. The SMILES string of the molecule is CCc1ccccc1C(CN)N(C)Cc1ccc(C)cc1. The molecule has 0 bridgehead atoms. The summed E-state index contributed by atoms with van der Waals surface area (Å²) in [4.78, 5) is 2.35. The smallest absolute Gasteiger partial charge is 0.0473 e. The summed E-state index contributed by atoms with van der Waals surface area (Å²) >= 11 is 0. The lowest BCUT2D eigenvalue weighted by atomic mass is 9.97. The van der Waals surface area contributed by atoms with Crippen molar-refractivity contribution in [2.24, 2.45) is 5.73 Å². The largest absolute Gasteiger partial charge is 0.329 e. The first-order chi connectivity index (χ1) is 10.2. The van der Waals surface area contributed by atoms with Gasteiger partial charge in [0.1, 0.15) is 0 Å². The predicted molar refractivity (Wildman–Crippen MR) is 90.3 cm³/mol. The lowest BCUT2D eigenvalue weighted by Gasteiger charge is -2.29. The third kappa shape index (κ3) is 3.93. The molecule has 0 aliphatic rings. The molecule has 21 heavy (non-hydrogen) atoms. The molecule has 0 aromatic heterocycles. The van der Waals surface area contributed by atoms with E-state index >= 15 is 0 Å². The quantitative estimate of drug-likeness (QED) is 0.875. The monoisotopic (exact) mass is 282 g/mol. The van der Waals surface area contributed by atoms with Gasteiger partial charge in [-0.3, -0.25) is 4.90 Å². The summed E-state index contributed by atoms with van der Waals surface area (Å²) in [7, 11) is 2.16. The molecule has 0 fully saturated rings. The number of aryl methyl sites for hydroxylation is 2.